The first-order valence-corrected chi connectivity index (χ1v) is 13.7. The molecule has 178 valence electrons. The number of amides is 1. The van der Waals surface area contributed by atoms with Gasteiger partial charge in [0.1, 0.15) is 10.6 Å². The number of sulfonamides is 2. The van der Waals surface area contributed by atoms with E-state index >= 15 is 0 Å². The van der Waals surface area contributed by atoms with Crippen molar-refractivity contribution in [2.45, 2.75) is 31.6 Å². The lowest BCUT2D eigenvalue weighted by molar-refractivity contribution is -0.123. The number of ether oxygens (including phenoxy) is 1. The molecule has 0 aliphatic carbocycles. The Morgan fingerprint density at radius 1 is 1.00 bits per heavy atom. The first-order chi connectivity index (χ1) is 15.4. The van der Waals surface area contributed by atoms with Crippen LogP contribution in [0.1, 0.15) is 26.7 Å². The minimum Gasteiger partial charge on any atom is -0.495 e. The number of benzene rings is 2. The van der Waals surface area contributed by atoms with Gasteiger partial charge in [-0.1, -0.05) is 0 Å². The highest BCUT2D eigenvalue weighted by atomic mass is 32.2. The van der Waals surface area contributed by atoms with Crippen molar-refractivity contribution in [2.24, 2.45) is 5.41 Å². The smallest absolute Gasteiger partial charge is 0.265 e. The molecule has 33 heavy (non-hydrogen) atoms. The Balaban J connectivity index is 1.67. The Morgan fingerprint density at radius 3 is 2.15 bits per heavy atom. The van der Waals surface area contributed by atoms with E-state index in [0.717, 1.165) is 37.7 Å². The number of nitrogens with zero attached hydrogens (tertiary/aromatic N) is 2. The molecule has 2 aromatic carbocycles. The van der Waals surface area contributed by atoms with Gasteiger partial charge in [-0.15, -0.1) is 0 Å². The van der Waals surface area contributed by atoms with Gasteiger partial charge in [-0.25, -0.2) is 21.1 Å². The second-order valence-corrected chi connectivity index (χ2v) is 12.4. The molecule has 2 fully saturated rings. The molecule has 0 bridgehead atoms. The zero-order valence-electron chi connectivity index (χ0n) is 18.7. The Labute approximate surface area is 194 Å². The summed E-state index contributed by atoms with van der Waals surface area (Å²) in [4.78, 5) is 14.7. The van der Waals surface area contributed by atoms with Crippen molar-refractivity contribution in [1.82, 2.24) is 0 Å². The molecule has 1 amide bonds. The SMILES string of the molecule is COc1ccc(N2C(=O)C(C)(C)CS2(=O)=O)cc1S(=O)(=O)Nc1ccc(N2CCCC2)cc1. The molecule has 2 aromatic rings. The number of nitrogens with one attached hydrogen (secondary N) is 1. The fourth-order valence-electron chi connectivity index (χ4n) is 4.19. The molecule has 1 N–H and O–H groups in total. The average Bonchev–Trinajstić information content (AvgIpc) is 3.33. The highest BCUT2D eigenvalue weighted by molar-refractivity contribution is 7.94. The van der Waals surface area contributed by atoms with E-state index in [9.17, 15) is 21.6 Å². The van der Waals surface area contributed by atoms with Crippen LogP contribution in [0.15, 0.2) is 47.4 Å². The predicted octanol–water partition coefficient (Wildman–Crippen LogP) is 2.80. The highest BCUT2D eigenvalue weighted by Gasteiger charge is 2.50. The molecule has 2 aliphatic heterocycles. The maximum atomic E-state index is 13.2. The van der Waals surface area contributed by atoms with E-state index in [-0.39, 0.29) is 22.1 Å². The van der Waals surface area contributed by atoms with Crippen LogP contribution in [0.25, 0.3) is 0 Å². The third-order valence-corrected chi connectivity index (χ3v) is 9.27. The van der Waals surface area contributed by atoms with Crippen molar-refractivity contribution < 1.29 is 26.4 Å². The first kappa shape index (κ1) is 23.4. The van der Waals surface area contributed by atoms with Gasteiger partial charge >= 0.3 is 0 Å². The molecule has 0 spiro atoms. The summed E-state index contributed by atoms with van der Waals surface area (Å²) in [5.41, 5.74) is 0.232. The van der Waals surface area contributed by atoms with Crippen LogP contribution in [-0.2, 0) is 24.8 Å². The van der Waals surface area contributed by atoms with Crippen molar-refractivity contribution in [2.75, 3.05) is 39.9 Å². The molecule has 0 atom stereocenters. The normalized spacial score (nSPS) is 19.7. The quantitative estimate of drug-likeness (QED) is 0.658. The number of carbonyl (C=O) groups excluding carboxylic acids is 1. The van der Waals surface area contributed by atoms with Gasteiger partial charge in [0, 0.05) is 24.5 Å². The van der Waals surface area contributed by atoms with Crippen LogP contribution in [0, 0.1) is 5.41 Å². The highest BCUT2D eigenvalue weighted by Crippen LogP contribution is 2.38. The lowest BCUT2D eigenvalue weighted by atomic mass is 9.95. The van der Waals surface area contributed by atoms with E-state index in [1.54, 1.807) is 26.0 Å². The van der Waals surface area contributed by atoms with Crippen molar-refractivity contribution in [3.8, 4) is 5.75 Å². The molecule has 11 heteroatoms. The summed E-state index contributed by atoms with van der Waals surface area (Å²) in [5.74, 6) is -0.932. The van der Waals surface area contributed by atoms with Crippen LogP contribution in [-0.4, -0.2) is 48.7 Å². The fraction of sp³-hybridized carbons (Fsp3) is 0.409. The van der Waals surface area contributed by atoms with Gasteiger partial charge in [0.15, 0.2) is 0 Å². The summed E-state index contributed by atoms with van der Waals surface area (Å²) in [6.45, 7) is 5.04. The van der Waals surface area contributed by atoms with E-state index in [4.69, 9.17) is 4.74 Å². The molecule has 2 saturated heterocycles. The Morgan fingerprint density at radius 2 is 1.61 bits per heavy atom. The summed E-state index contributed by atoms with van der Waals surface area (Å²) in [7, 11) is -6.75. The topological polar surface area (TPSA) is 113 Å². The zero-order valence-corrected chi connectivity index (χ0v) is 20.4. The van der Waals surface area contributed by atoms with E-state index in [1.165, 1.54) is 19.2 Å². The predicted molar refractivity (Wildman–Crippen MR) is 127 cm³/mol. The molecule has 0 radical (unpaired) electrons. The van der Waals surface area contributed by atoms with Gasteiger partial charge in [-0.2, -0.15) is 0 Å². The average molecular weight is 494 g/mol. The number of anilines is 3. The van der Waals surface area contributed by atoms with Gasteiger partial charge in [0.05, 0.1) is 24.0 Å². The summed E-state index contributed by atoms with van der Waals surface area (Å²) in [6, 6.07) is 10.9. The number of carbonyl (C=O) groups is 1. The van der Waals surface area contributed by atoms with Gasteiger partial charge in [0.2, 0.25) is 15.9 Å². The number of rotatable bonds is 6. The molecule has 2 aliphatic rings. The third-order valence-electron chi connectivity index (χ3n) is 5.85. The lowest BCUT2D eigenvalue weighted by Gasteiger charge is -2.20. The van der Waals surface area contributed by atoms with Crippen molar-refractivity contribution in [3.05, 3.63) is 42.5 Å². The van der Waals surface area contributed by atoms with Crippen LogP contribution in [0.5, 0.6) is 5.75 Å². The Hall–Kier alpha value is -2.79. The van der Waals surface area contributed by atoms with Crippen molar-refractivity contribution in [3.63, 3.8) is 0 Å². The maximum Gasteiger partial charge on any atom is 0.265 e. The molecular weight excluding hydrogens is 466 g/mol. The Kier molecular flexibility index (Phi) is 5.81. The van der Waals surface area contributed by atoms with Crippen LogP contribution < -0.4 is 18.7 Å². The van der Waals surface area contributed by atoms with Crippen molar-refractivity contribution >= 4 is 43.0 Å². The summed E-state index contributed by atoms with van der Waals surface area (Å²) >= 11 is 0. The molecule has 0 unspecified atom stereocenters. The largest absolute Gasteiger partial charge is 0.495 e. The van der Waals surface area contributed by atoms with E-state index in [2.05, 4.69) is 9.62 Å². The fourth-order valence-corrected chi connectivity index (χ4v) is 7.54. The van der Waals surface area contributed by atoms with Crippen LogP contribution in [0.3, 0.4) is 0 Å². The number of hydrogen-bond acceptors (Lipinski definition) is 7. The van der Waals surface area contributed by atoms with Crippen LogP contribution in [0.4, 0.5) is 17.1 Å². The van der Waals surface area contributed by atoms with Crippen LogP contribution >= 0.6 is 0 Å². The number of hydrogen-bond donors (Lipinski definition) is 1. The molecule has 0 aromatic heterocycles. The summed E-state index contributed by atoms with van der Waals surface area (Å²) in [6.07, 6.45) is 2.27. The minimum absolute atomic E-state index is 0.0308. The van der Waals surface area contributed by atoms with Gasteiger partial charge < -0.3 is 9.64 Å². The van der Waals surface area contributed by atoms with Crippen molar-refractivity contribution in [1.29, 1.82) is 0 Å². The monoisotopic (exact) mass is 493 g/mol. The lowest BCUT2D eigenvalue weighted by Crippen LogP contribution is -2.33. The van der Waals surface area contributed by atoms with Gasteiger partial charge in [-0.05, 0) is 69.2 Å². The first-order valence-electron chi connectivity index (χ1n) is 10.6. The second-order valence-electron chi connectivity index (χ2n) is 8.89. The summed E-state index contributed by atoms with van der Waals surface area (Å²) < 4.78 is 60.1. The van der Waals surface area contributed by atoms with Gasteiger partial charge in [0.25, 0.3) is 10.0 Å². The molecule has 4 rings (SSSR count). The van der Waals surface area contributed by atoms with Crippen LogP contribution in [0.2, 0.25) is 0 Å². The number of methoxy groups -OCH3 is 1. The minimum atomic E-state index is -4.14. The van der Waals surface area contributed by atoms with E-state index < -0.39 is 31.4 Å². The van der Waals surface area contributed by atoms with E-state index in [0.29, 0.717) is 9.99 Å². The maximum absolute atomic E-state index is 13.2. The molecule has 2 heterocycles. The molecular formula is C22H27N3O6S2. The molecule has 0 saturated carbocycles. The standard InChI is InChI=1S/C22H27N3O6S2/c1-22(2)15-32(27,28)25(21(22)26)18-10-11-19(31-3)20(14-18)33(29,30)23-16-6-8-17(9-7-16)24-12-4-5-13-24/h6-11,14,23H,4-5,12-13,15H2,1-3H3. The van der Waals surface area contributed by atoms with E-state index in [1.807, 2.05) is 12.1 Å². The summed E-state index contributed by atoms with van der Waals surface area (Å²) in [5, 5.41) is 0. The molecule has 9 nitrogen and oxygen atoms in total. The third kappa shape index (κ3) is 4.39. The second kappa shape index (κ2) is 8.21. The van der Waals surface area contributed by atoms with Gasteiger partial charge in [-0.3, -0.25) is 9.52 Å². The zero-order chi connectivity index (χ0) is 24.0. The Bertz CT molecular complexity index is 1280.